The zero-order chi connectivity index (χ0) is 8.97. The number of imidazole rings is 1. The fraction of sp³-hybridized carbons (Fsp3) is 0.286. The molecule has 1 aromatic rings. The zero-order valence-electron chi connectivity index (χ0n) is 6.80. The van der Waals surface area contributed by atoms with Gasteiger partial charge >= 0.3 is 0 Å². The normalized spacial score (nSPS) is 9.08. The second-order valence-electron chi connectivity index (χ2n) is 2.26. The van der Waals surface area contributed by atoms with Gasteiger partial charge in [0.1, 0.15) is 5.82 Å². The van der Waals surface area contributed by atoms with Crippen LogP contribution in [-0.4, -0.2) is 9.55 Å². The van der Waals surface area contributed by atoms with E-state index in [4.69, 9.17) is 5.53 Å². The minimum Gasteiger partial charge on any atom is -0.311 e. The first-order valence-electron chi connectivity index (χ1n) is 3.45. The molecule has 0 saturated heterocycles. The van der Waals surface area contributed by atoms with Crippen LogP contribution in [0.5, 0.6) is 0 Å². The molecule has 0 aromatic carbocycles. The van der Waals surface area contributed by atoms with E-state index in [1.165, 1.54) is 0 Å². The molecule has 1 rings (SSSR count). The molecule has 0 saturated carbocycles. The van der Waals surface area contributed by atoms with E-state index in [1.54, 1.807) is 17.0 Å². The van der Waals surface area contributed by atoms with Crippen molar-refractivity contribution in [1.82, 2.24) is 9.55 Å². The number of hydrogen-bond donors (Lipinski definition) is 0. The smallest absolute Gasteiger partial charge is 0.109 e. The fourth-order valence-corrected chi connectivity index (χ4v) is 0.913. The van der Waals surface area contributed by atoms with Crippen molar-refractivity contribution in [2.75, 3.05) is 0 Å². The Morgan fingerprint density at radius 2 is 2.67 bits per heavy atom. The zero-order valence-corrected chi connectivity index (χ0v) is 6.80. The second-order valence-corrected chi connectivity index (χ2v) is 2.26. The first-order valence-corrected chi connectivity index (χ1v) is 3.45. The predicted molar refractivity (Wildman–Crippen MR) is 46.2 cm³/mol. The van der Waals surface area contributed by atoms with Crippen molar-refractivity contribution in [2.45, 2.75) is 13.5 Å². The van der Waals surface area contributed by atoms with E-state index >= 15 is 0 Å². The van der Waals surface area contributed by atoms with Crippen LogP contribution in [0.4, 0.5) is 0 Å². The van der Waals surface area contributed by atoms with Gasteiger partial charge in [-0.25, -0.2) is 4.98 Å². The number of azide groups is 1. The first kappa shape index (κ1) is 8.36. The summed E-state index contributed by atoms with van der Waals surface area (Å²) in [7, 11) is 0. The molecule has 0 radical (unpaired) electrons. The van der Waals surface area contributed by atoms with Gasteiger partial charge in [0.25, 0.3) is 0 Å². The third kappa shape index (κ3) is 1.65. The molecule has 1 aromatic heterocycles. The maximum Gasteiger partial charge on any atom is 0.109 e. The quantitative estimate of drug-likeness (QED) is 0.382. The molecule has 0 aliphatic rings. The van der Waals surface area contributed by atoms with Gasteiger partial charge in [0.2, 0.25) is 0 Å². The van der Waals surface area contributed by atoms with Crippen LogP contribution in [0.2, 0.25) is 0 Å². The monoisotopic (exact) mass is 163 g/mol. The van der Waals surface area contributed by atoms with Crippen LogP contribution in [0, 0.1) is 6.92 Å². The first-order chi connectivity index (χ1) is 5.77. The van der Waals surface area contributed by atoms with Crippen LogP contribution < -0.4 is 0 Å². The highest BCUT2D eigenvalue weighted by Gasteiger charge is 1.98. The van der Waals surface area contributed by atoms with E-state index in [2.05, 4.69) is 21.6 Å². The third-order valence-electron chi connectivity index (χ3n) is 1.46. The minimum atomic E-state index is 0.290. The number of rotatable bonds is 3. The average molecular weight is 163 g/mol. The summed E-state index contributed by atoms with van der Waals surface area (Å²) in [5, 5.41) is 3.40. The summed E-state index contributed by atoms with van der Waals surface area (Å²) in [6.45, 7) is 5.76. The largest absolute Gasteiger partial charge is 0.311 e. The van der Waals surface area contributed by atoms with Crippen molar-refractivity contribution in [1.29, 1.82) is 0 Å². The second kappa shape index (κ2) is 3.59. The fourth-order valence-electron chi connectivity index (χ4n) is 0.913. The highest BCUT2D eigenvalue weighted by molar-refractivity contribution is 5.22. The van der Waals surface area contributed by atoms with Gasteiger partial charge in [0, 0.05) is 17.3 Å². The highest BCUT2D eigenvalue weighted by atomic mass is 15.1. The SMILES string of the molecule is C=Cn1cc(CN=[N+]=[N-])nc1C. The summed E-state index contributed by atoms with van der Waals surface area (Å²) < 4.78 is 1.78. The van der Waals surface area contributed by atoms with E-state index in [0.717, 1.165) is 11.5 Å². The average Bonchev–Trinajstić information content (AvgIpc) is 2.43. The number of aryl methyl sites for hydroxylation is 1. The molecule has 1 heterocycles. The Kier molecular flexibility index (Phi) is 2.50. The van der Waals surface area contributed by atoms with E-state index in [1.807, 2.05) is 6.92 Å². The molecule has 12 heavy (non-hydrogen) atoms. The molecule has 0 bridgehead atoms. The molecule has 0 spiro atoms. The molecule has 5 nitrogen and oxygen atoms in total. The summed E-state index contributed by atoms with van der Waals surface area (Å²) in [6.07, 6.45) is 3.44. The number of hydrogen-bond acceptors (Lipinski definition) is 2. The Labute approximate surface area is 70.0 Å². The van der Waals surface area contributed by atoms with Crippen molar-refractivity contribution >= 4 is 6.20 Å². The van der Waals surface area contributed by atoms with Gasteiger partial charge in [-0.1, -0.05) is 11.7 Å². The Morgan fingerprint density at radius 1 is 1.92 bits per heavy atom. The number of nitrogens with zero attached hydrogens (tertiary/aromatic N) is 5. The predicted octanol–water partition coefficient (Wildman–Crippen LogP) is 2.10. The van der Waals surface area contributed by atoms with E-state index in [-0.39, 0.29) is 6.54 Å². The molecule has 0 aliphatic carbocycles. The van der Waals surface area contributed by atoms with Gasteiger partial charge < -0.3 is 4.57 Å². The van der Waals surface area contributed by atoms with Gasteiger partial charge in [0.15, 0.2) is 0 Å². The minimum absolute atomic E-state index is 0.290. The molecule has 0 unspecified atom stereocenters. The van der Waals surface area contributed by atoms with Crippen molar-refractivity contribution < 1.29 is 0 Å². The van der Waals surface area contributed by atoms with Crippen molar-refractivity contribution in [2.24, 2.45) is 5.11 Å². The summed E-state index contributed by atoms with van der Waals surface area (Å²) in [4.78, 5) is 6.79. The Balaban J connectivity index is 2.88. The molecule has 0 atom stereocenters. The summed E-state index contributed by atoms with van der Waals surface area (Å²) in [5.41, 5.74) is 8.82. The Bertz CT molecular complexity index is 332. The van der Waals surface area contributed by atoms with Crippen LogP contribution in [0.25, 0.3) is 16.6 Å². The molecule has 0 aliphatic heterocycles. The highest BCUT2D eigenvalue weighted by Crippen LogP contribution is 2.03. The molecule has 62 valence electrons. The molecule has 0 N–H and O–H groups in total. The van der Waals surface area contributed by atoms with E-state index in [0.29, 0.717) is 0 Å². The summed E-state index contributed by atoms with van der Waals surface area (Å²) >= 11 is 0. The topological polar surface area (TPSA) is 66.6 Å². The maximum atomic E-state index is 8.06. The van der Waals surface area contributed by atoms with E-state index < -0.39 is 0 Å². The van der Waals surface area contributed by atoms with Crippen LogP contribution in [-0.2, 0) is 6.54 Å². The van der Waals surface area contributed by atoms with Gasteiger partial charge in [-0.3, -0.25) is 0 Å². The molecular formula is C7H9N5. The van der Waals surface area contributed by atoms with Gasteiger partial charge in [0.05, 0.1) is 12.2 Å². The van der Waals surface area contributed by atoms with Crippen molar-refractivity contribution in [3.8, 4) is 0 Å². The van der Waals surface area contributed by atoms with Gasteiger partial charge in [-0.2, -0.15) is 0 Å². The summed E-state index contributed by atoms with van der Waals surface area (Å²) in [6, 6.07) is 0. The van der Waals surface area contributed by atoms with E-state index in [9.17, 15) is 0 Å². The molecule has 0 amide bonds. The lowest BCUT2D eigenvalue weighted by Crippen LogP contribution is -1.84. The Hall–Kier alpha value is -1.74. The molecule has 0 fully saturated rings. The van der Waals surface area contributed by atoms with Gasteiger partial charge in [-0.15, -0.1) is 0 Å². The van der Waals surface area contributed by atoms with Crippen LogP contribution in [0.1, 0.15) is 11.5 Å². The lowest BCUT2D eigenvalue weighted by atomic mass is 10.5. The lowest BCUT2D eigenvalue weighted by molar-refractivity contribution is 0.979. The van der Waals surface area contributed by atoms with Crippen LogP contribution in [0.15, 0.2) is 17.9 Å². The summed E-state index contributed by atoms with van der Waals surface area (Å²) in [5.74, 6) is 0.841. The van der Waals surface area contributed by atoms with Crippen LogP contribution in [0.3, 0.4) is 0 Å². The molecule has 5 heteroatoms. The maximum absolute atomic E-state index is 8.06. The standard InChI is InChI=1S/C7H9N5/c1-3-12-5-7(4-9-11-8)10-6(12)2/h3,5H,1,4H2,2H3. The Morgan fingerprint density at radius 3 is 3.17 bits per heavy atom. The van der Waals surface area contributed by atoms with Crippen molar-refractivity contribution in [3.05, 3.63) is 34.7 Å². The van der Waals surface area contributed by atoms with Crippen molar-refractivity contribution in [3.63, 3.8) is 0 Å². The van der Waals surface area contributed by atoms with Gasteiger partial charge in [-0.05, 0) is 12.5 Å². The number of aromatic nitrogens is 2. The molecular weight excluding hydrogens is 154 g/mol. The lowest BCUT2D eigenvalue weighted by Gasteiger charge is -1.90. The van der Waals surface area contributed by atoms with Crippen LogP contribution >= 0.6 is 0 Å². The third-order valence-corrected chi connectivity index (χ3v) is 1.46.